The molecule has 0 fully saturated rings. The Morgan fingerprint density at radius 1 is 1.14 bits per heavy atom. The third kappa shape index (κ3) is 0.891. The van der Waals surface area contributed by atoms with E-state index in [9.17, 15) is 0 Å². The fourth-order valence-electron chi connectivity index (χ4n) is 2.38. The van der Waals surface area contributed by atoms with Gasteiger partial charge >= 0.3 is 0 Å². The van der Waals surface area contributed by atoms with Crippen LogP contribution in [0.1, 0.15) is 22.3 Å². The van der Waals surface area contributed by atoms with Crippen LogP contribution in [0.25, 0.3) is 10.9 Å². The third-order valence-electron chi connectivity index (χ3n) is 3.27. The summed E-state index contributed by atoms with van der Waals surface area (Å²) in [5.41, 5.74) is 6.94. The number of nitrogens with one attached hydrogen (secondary N) is 2. The van der Waals surface area contributed by atoms with Crippen LogP contribution in [-0.2, 0) is 13.1 Å². The van der Waals surface area contributed by atoms with E-state index in [2.05, 4.69) is 36.4 Å². The van der Waals surface area contributed by atoms with Crippen molar-refractivity contribution in [3.63, 3.8) is 0 Å². The molecule has 0 saturated carbocycles. The maximum Gasteiger partial charge on any atom is 0.0492 e. The highest BCUT2D eigenvalue weighted by Crippen LogP contribution is 2.30. The van der Waals surface area contributed by atoms with Gasteiger partial charge in [-0.25, -0.2) is 0 Å². The van der Waals surface area contributed by atoms with Gasteiger partial charge in [0.1, 0.15) is 0 Å². The zero-order valence-electron chi connectivity index (χ0n) is 8.57. The van der Waals surface area contributed by atoms with E-state index in [0.717, 1.165) is 13.1 Å². The number of rotatable bonds is 0. The molecule has 2 aromatic rings. The van der Waals surface area contributed by atoms with Crippen LogP contribution in [0.3, 0.4) is 0 Å². The van der Waals surface area contributed by atoms with Crippen LogP contribution in [-0.4, -0.2) is 4.98 Å². The van der Waals surface area contributed by atoms with Crippen molar-refractivity contribution in [2.45, 2.75) is 26.9 Å². The number of H-pyrrole nitrogens is 1. The average molecular weight is 186 g/mol. The minimum atomic E-state index is 0.996. The second-order valence-electron chi connectivity index (χ2n) is 4.15. The lowest BCUT2D eigenvalue weighted by atomic mass is 9.97. The molecule has 2 heterocycles. The second-order valence-corrected chi connectivity index (χ2v) is 4.15. The summed E-state index contributed by atoms with van der Waals surface area (Å²) in [4.78, 5) is 3.39. The van der Waals surface area contributed by atoms with Gasteiger partial charge in [-0.05, 0) is 36.1 Å². The smallest absolute Gasteiger partial charge is 0.0492 e. The molecular weight excluding hydrogens is 172 g/mol. The van der Waals surface area contributed by atoms with Crippen molar-refractivity contribution in [3.8, 4) is 0 Å². The molecule has 72 valence electrons. The zero-order valence-corrected chi connectivity index (χ0v) is 8.57. The summed E-state index contributed by atoms with van der Waals surface area (Å²) >= 11 is 0. The second kappa shape index (κ2) is 2.61. The fraction of sp³-hybridized carbons (Fsp3) is 0.333. The maximum atomic E-state index is 3.41. The Balaban J connectivity index is 2.50. The molecule has 0 radical (unpaired) electrons. The van der Waals surface area contributed by atoms with E-state index >= 15 is 0 Å². The van der Waals surface area contributed by atoms with E-state index in [0.29, 0.717) is 0 Å². The minimum Gasteiger partial charge on any atom is -0.361 e. The highest BCUT2D eigenvalue weighted by Gasteiger charge is 2.15. The molecule has 1 aliphatic heterocycles. The molecule has 0 atom stereocenters. The summed E-state index contributed by atoms with van der Waals surface area (Å²) in [7, 11) is 0. The molecular formula is C12H14N2. The number of hydrogen-bond acceptors (Lipinski definition) is 1. The minimum absolute atomic E-state index is 0.996. The van der Waals surface area contributed by atoms with Gasteiger partial charge in [-0.1, -0.05) is 6.07 Å². The predicted molar refractivity (Wildman–Crippen MR) is 58.3 cm³/mol. The Morgan fingerprint density at radius 3 is 2.79 bits per heavy atom. The van der Waals surface area contributed by atoms with E-state index in [1.807, 2.05) is 0 Å². The lowest BCUT2D eigenvalue weighted by Gasteiger charge is -2.15. The van der Waals surface area contributed by atoms with Crippen molar-refractivity contribution >= 4 is 10.9 Å². The van der Waals surface area contributed by atoms with Crippen molar-refractivity contribution < 1.29 is 0 Å². The van der Waals surface area contributed by atoms with E-state index < -0.39 is 0 Å². The Bertz CT molecular complexity index is 509. The Morgan fingerprint density at radius 2 is 1.93 bits per heavy atom. The van der Waals surface area contributed by atoms with Crippen LogP contribution in [0.4, 0.5) is 0 Å². The van der Waals surface area contributed by atoms with Gasteiger partial charge in [0.2, 0.25) is 0 Å². The standard InChI is InChI=1S/C12H14N2/c1-7-3-9-4-13-5-10-6-14-12(8(7)2)11(9)10/h3,6,13-14H,4-5H2,1-2H3. The van der Waals surface area contributed by atoms with Crippen LogP contribution in [0.2, 0.25) is 0 Å². The molecule has 0 saturated heterocycles. The van der Waals surface area contributed by atoms with Gasteiger partial charge in [-0.3, -0.25) is 0 Å². The molecule has 0 spiro atoms. The van der Waals surface area contributed by atoms with Crippen LogP contribution in [0, 0.1) is 13.8 Å². The van der Waals surface area contributed by atoms with Gasteiger partial charge in [-0.15, -0.1) is 0 Å². The molecule has 0 unspecified atom stereocenters. The first-order chi connectivity index (χ1) is 6.77. The lowest BCUT2D eigenvalue weighted by molar-refractivity contribution is 0.684. The molecule has 2 nitrogen and oxygen atoms in total. The number of aromatic amines is 1. The van der Waals surface area contributed by atoms with Crippen molar-refractivity contribution in [1.82, 2.24) is 10.3 Å². The number of hydrogen-bond donors (Lipinski definition) is 2. The van der Waals surface area contributed by atoms with E-state index in [4.69, 9.17) is 0 Å². The lowest BCUT2D eigenvalue weighted by Crippen LogP contribution is -2.17. The SMILES string of the molecule is Cc1cc2c3c(c[nH]c3c1C)CNC2. The fourth-order valence-corrected chi connectivity index (χ4v) is 2.38. The summed E-state index contributed by atoms with van der Waals surface area (Å²) in [5.74, 6) is 0. The van der Waals surface area contributed by atoms with Gasteiger partial charge in [-0.2, -0.15) is 0 Å². The van der Waals surface area contributed by atoms with Gasteiger partial charge in [0, 0.05) is 30.2 Å². The maximum absolute atomic E-state index is 3.41. The van der Waals surface area contributed by atoms with Gasteiger partial charge in [0.25, 0.3) is 0 Å². The monoisotopic (exact) mass is 186 g/mol. The number of benzene rings is 1. The molecule has 2 N–H and O–H groups in total. The summed E-state index contributed by atoms with van der Waals surface area (Å²) in [6.45, 7) is 6.37. The van der Waals surface area contributed by atoms with E-state index in [-0.39, 0.29) is 0 Å². The van der Waals surface area contributed by atoms with Crippen molar-refractivity contribution in [2.75, 3.05) is 0 Å². The highest BCUT2D eigenvalue weighted by molar-refractivity contribution is 5.90. The van der Waals surface area contributed by atoms with Crippen LogP contribution in [0.15, 0.2) is 12.3 Å². The van der Waals surface area contributed by atoms with Gasteiger partial charge in [0.05, 0.1) is 0 Å². The molecule has 1 aliphatic rings. The first kappa shape index (κ1) is 8.06. The third-order valence-corrected chi connectivity index (χ3v) is 3.27. The molecule has 1 aromatic heterocycles. The van der Waals surface area contributed by atoms with Crippen LogP contribution in [0.5, 0.6) is 0 Å². The molecule has 1 aromatic carbocycles. The molecule has 3 rings (SSSR count). The first-order valence-corrected chi connectivity index (χ1v) is 5.07. The van der Waals surface area contributed by atoms with Crippen LogP contribution < -0.4 is 5.32 Å². The first-order valence-electron chi connectivity index (χ1n) is 5.07. The van der Waals surface area contributed by atoms with Crippen molar-refractivity contribution in [2.24, 2.45) is 0 Å². The largest absolute Gasteiger partial charge is 0.361 e. The topological polar surface area (TPSA) is 27.8 Å². The van der Waals surface area contributed by atoms with Crippen LogP contribution >= 0.6 is 0 Å². The summed E-state index contributed by atoms with van der Waals surface area (Å²) in [6.07, 6.45) is 2.13. The zero-order chi connectivity index (χ0) is 9.71. The summed E-state index contributed by atoms with van der Waals surface area (Å²) < 4.78 is 0. The number of aromatic nitrogens is 1. The molecule has 2 heteroatoms. The van der Waals surface area contributed by atoms with E-state index in [1.165, 1.54) is 33.2 Å². The quantitative estimate of drug-likeness (QED) is 0.649. The van der Waals surface area contributed by atoms with E-state index in [1.54, 1.807) is 0 Å². The molecule has 0 bridgehead atoms. The summed E-state index contributed by atoms with van der Waals surface area (Å²) in [6, 6.07) is 2.31. The van der Waals surface area contributed by atoms with Gasteiger partial charge in [0.15, 0.2) is 0 Å². The van der Waals surface area contributed by atoms with Crippen molar-refractivity contribution in [1.29, 1.82) is 0 Å². The van der Waals surface area contributed by atoms with Crippen molar-refractivity contribution in [3.05, 3.63) is 34.5 Å². The summed E-state index contributed by atoms with van der Waals surface area (Å²) in [5, 5.41) is 4.86. The Kier molecular flexibility index (Phi) is 1.50. The normalized spacial score (nSPS) is 15.0. The number of aryl methyl sites for hydroxylation is 2. The Labute approximate surface area is 83.3 Å². The molecule has 0 amide bonds. The highest BCUT2D eigenvalue weighted by atomic mass is 14.9. The Hall–Kier alpha value is -1.28. The van der Waals surface area contributed by atoms with Gasteiger partial charge < -0.3 is 10.3 Å². The molecule has 0 aliphatic carbocycles. The molecule has 14 heavy (non-hydrogen) atoms. The predicted octanol–water partition coefficient (Wildman–Crippen LogP) is 2.39. The average Bonchev–Trinajstić information content (AvgIpc) is 2.60.